The lowest BCUT2D eigenvalue weighted by molar-refractivity contribution is 0.627. The maximum absolute atomic E-state index is 13.2. The van der Waals surface area contributed by atoms with Crippen LogP contribution in [-0.2, 0) is 0 Å². The van der Waals surface area contributed by atoms with Crippen molar-refractivity contribution in [1.29, 1.82) is 0 Å². The van der Waals surface area contributed by atoms with Crippen LogP contribution in [-0.4, -0.2) is 9.97 Å². The van der Waals surface area contributed by atoms with E-state index in [1.165, 1.54) is 12.1 Å². The number of hydrogen-bond donors (Lipinski definition) is 0. The highest BCUT2D eigenvalue weighted by atomic mass is 127. The Bertz CT molecular complexity index is 530. The van der Waals surface area contributed by atoms with Gasteiger partial charge in [-0.25, -0.2) is 14.4 Å². The van der Waals surface area contributed by atoms with Gasteiger partial charge in [-0.05, 0) is 40.8 Å². The van der Waals surface area contributed by atoms with Gasteiger partial charge in [-0.2, -0.15) is 0 Å². The minimum atomic E-state index is -0.345. The van der Waals surface area contributed by atoms with Crippen molar-refractivity contribution >= 4 is 50.1 Å². The number of aromatic nitrogens is 2. The number of hydrogen-bond acceptors (Lipinski definition) is 2. The van der Waals surface area contributed by atoms with E-state index in [9.17, 15) is 4.39 Å². The van der Waals surface area contributed by atoms with Crippen molar-refractivity contribution in [3.8, 4) is 11.4 Å². The Kier molecular flexibility index (Phi) is 3.76. The Morgan fingerprint density at radius 3 is 2.69 bits per heavy atom. The molecular weight excluding hydrogens is 409 g/mol. The summed E-state index contributed by atoms with van der Waals surface area (Å²) < 4.78 is 14.6. The largest absolute Gasteiger partial charge is 0.235 e. The molecule has 0 saturated heterocycles. The van der Waals surface area contributed by atoms with Crippen LogP contribution in [0.5, 0.6) is 0 Å². The van der Waals surface area contributed by atoms with Crippen LogP contribution in [0.25, 0.3) is 11.4 Å². The molecule has 6 heteroatoms. The molecule has 1 heterocycles. The average Bonchev–Trinajstić information content (AvgIpc) is 2.20. The van der Waals surface area contributed by atoms with Crippen LogP contribution < -0.4 is 0 Å². The van der Waals surface area contributed by atoms with E-state index >= 15 is 0 Å². The smallest absolute Gasteiger partial charge is 0.161 e. The summed E-state index contributed by atoms with van der Waals surface area (Å²) in [4.78, 5) is 8.19. The Balaban J connectivity index is 2.54. The van der Waals surface area contributed by atoms with Crippen molar-refractivity contribution in [2.45, 2.75) is 0 Å². The second-order valence-corrected chi connectivity index (χ2v) is 5.43. The van der Waals surface area contributed by atoms with Crippen molar-refractivity contribution in [3.05, 3.63) is 43.4 Å². The van der Waals surface area contributed by atoms with E-state index in [2.05, 4.69) is 25.9 Å². The van der Waals surface area contributed by atoms with Gasteiger partial charge in [0.15, 0.2) is 5.82 Å². The van der Waals surface area contributed by atoms with Gasteiger partial charge in [0.1, 0.15) is 11.0 Å². The molecule has 1 aromatic carbocycles. The summed E-state index contributed by atoms with van der Waals surface area (Å²) in [6.07, 6.45) is 1.60. The van der Waals surface area contributed by atoms with Crippen molar-refractivity contribution < 1.29 is 4.39 Å². The predicted octanol–water partition coefficient (Wildman–Crippen LogP) is 4.30. The van der Waals surface area contributed by atoms with Crippen molar-refractivity contribution in [3.63, 3.8) is 0 Å². The molecule has 0 atom stereocenters. The van der Waals surface area contributed by atoms with Gasteiger partial charge in [0, 0.05) is 16.2 Å². The molecule has 0 aliphatic rings. The van der Waals surface area contributed by atoms with Crippen LogP contribution in [0.1, 0.15) is 0 Å². The molecule has 0 spiro atoms. The molecule has 2 rings (SSSR count). The topological polar surface area (TPSA) is 25.8 Å². The van der Waals surface area contributed by atoms with E-state index in [4.69, 9.17) is 11.6 Å². The Morgan fingerprint density at radius 2 is 2.06 bits per heavy atom. The summed E-state index contributed by atoms with van der Waals surface area (Å²) in [5.74, 6) is 0.0632. The molecule has 0 fully saturated rings. The minimum absolute atomic E-state index is 0.345. The highest BCUT2D eigenvalue weighted by Crippen LogP contribution is 2.24. The monoisotopic (exact) mass is 412 g/mol. The van der Waals surface area contributed by atoms with Gasteiger partial charge in [0.25, 0.3) is 0 Å². The van der Waals surface area contributed by atoms with E-state index in [0.717, 1.165) is 3.57 Å². The summed E-state index contributed by atoms with van der Waals surface area (Å²) in [5, 5.41) is 0.367. The van der Waals surface area contributed by atoms with E-state index < -0.39 is 0 Å². The Hall–Kier alpha value is -0.270. The fourth-order valence-electron chi connectivity index (χ4n) is 1.17. The van der Waals surface area contributed by atoms with Crippen LogP contribution in [0.3, 0.4) is 0 Å². The highest BCUT2D eigenvalue weighted by Gasteiger charge is 2.07. The van der Waals surface area contributed by atoms with Gasteiger partial charge < -0.3 is 0 Å². The predicted molar refractivity (Wildman–Crippen MR) is 72.9 cm³/mol. The summed E-state index contributed by atoms with van der Waals surface area (Å²) in [6.45, 7) is 0. The lowest BCUT2D eigenvalue weighted by Crippen LogP contribution is -1.92. The van der Waals surface area contributed by atoms with Crippen LogP contribution in [0.4, 0.5) is 4.39 Å². The van der Waals surface area contributed by atoms with Gasteiger partial charge in [-0.1, -0.05) is 27.5 Å². The standard InChI is InChI=1S/C10H4BrClFIN2/c11-6-1-5(2-7(13)3-6)10-15-4-8(14)9(12)16-10/h1-4H. The molecule has 0 aliphatic carbocycles. The lowest BCUT2D eigenvalue weighted by atomic mass is 10.2. The zero-order chi connectivity index (χ0) is 11.7. The van der Waals surface area contributed by atoms with Gasteiger partial charge >= 0.3 is 0 Å². The van der Waals surface area contributed by atoms with Gasteiger partial charge in [-0.3, -0.25) is 0 Å². The Labute approximate surface area is 119 Å². The molecule has 82 valence electrons. The van der Waals surface area contributed by atoms with Gasteiger partial charge in [-0.15, -0.1) is 0 Å². The number of nitrogens with zero attached hydrogens (tertiary/aromatic N) is 2. The highest BCUT2D eigenvalue weighted by molar-refractivity contribution is 14.1. The zero-order valence-electron chi connectivity index (χ0n) is 7.72. The first-order chi connectivity index (χ1) is 7.56. The Morgan fingerprint density at radius 1 is 1.31 bits per heavy atom. The first kappa shape index (κ1) is 12.2. The molecule has 0 aliphatic heterocycles. The molecule has 1 aromatic heterocycles. The first-order valence-corrected chi connectivity index (χ1v) is 6.46. The third kappa shape index (κ3) is 2.70. The summed E-state index contributed by atoms with van der Waals surface area (Å²) >= 11 is 11.1. The molecule has 0 saturated carbocycles. The van der Waals surface area contributed by atoms with Gasteiger partial charge in [0.05, 0.1) is 3.57 Å². The molecular formula is C10H4BrClFIN2. The molecule has 2 aromatic rings. The zero-order valence-corrected chi connectivity index (χ0v) is 12.2. The first-order valence-electron chi connectivity index (χ1n) is 4.21. The fourth-order valence-corrected chi connectivity index (χ4v) is 2.02. The normalized spacial score (nSPS) is 10.5. The maximum Gasteiger partial charge on any atom is 0.161 e. The molecule has 16 heavy (non-hydrogen) atoms. The third-order valence-corrected chi connectivity index (χ3v) is 3.68. The van der Waals surface area contributed by atoms with Gasteiger partial charge in [0.2, 0.25) is 0 Å². The molecule has 2 nitrogen and oxygen atoms in total. The van der Waals surface area contributed by atoms with Crippen molar-refractivity contribution in [2.75, 3.05) is 0 Å². The summed E-state index contributed by atoms with van der Waals surface area (Å²) in [7, 11) is 0. The second kappa shape index (κ2) is 4.93. The molecule has 0 amide bonds. The lowest BCUT2D eigenvalue weighted by Gasteiger charge is -2.02. The minimum Gasteiger partial charge on any atom is -0.235 e. The van der Waals surface area contributed by atoms with Crippen LogP contribution in [0.2, 0.25) is 5.15 Å². The summed E-state index contributed by atoms with van der Waals surface area (Å²) in [5.41, 5.74) is 0.588. The van der Waals surface area contributed by atoms with E-state index in [-0.39, 0.29) is 5.82 Å². The number of halogens is 4. The molecule has 0 N–H and O–H groups in total. The van der Waals surface area contributed by atoms with Crippen LogP contribution >= 0.6 is 50.1 Å². The van der Waals surface area contributed by atoms with E-state index in [0.29, 0.717) is 21.0 Å². The number of rotatable bonds is 1. The van der Waals surface area contributed by atoms with Crippen molar-refractivity contribution in [2.24, 2.45) is 0 Å². The second-order valence-electron chi connectivity index (χ2n) is 2.99. The SMILES string of the molecule is Fc1cc(Br)cc(-c2ncc(I)c(Cl)n2)c1. The fraction of sp³-hybridized carbons (Fsp3) is 0. The summed E-state index contributed by atoms with van der Waals surface area (Å²) in [6, 6.07) is 4.47. The van der Waals surface area contributed by atoms with E-state index in [1.54, 1.807) is 12.3 Å². The molecule has 0 radical (unpaired) electrons. The van der Waals surface area contributed by atoms with Crippen LogP contribution in [0.15, 0.2) is 28.9 Å². The molecule has 0 unspecified atom stereocenters. The third-order valence-electron chi connectivity index (χ3n) is 1.82. The maximum atomic E-state index is 13.2. The number of benzene rings is 1. The quantitative estimate of drug-likeness (QED) is 0.515. The molecule has 0 bridgehead atoms. The van der Waals surface area contributed by atoms with Crippen molar-refractivity contribution in [1.82, 2.24) is 9.97 Å². The van der Waals surface area contributed by atoms with Crippen LogP contribution in [0, 0.1) is 9.39 Å². The van der Waals surface area contributed by atoms with E-state index in [1.807, 2.05) is 22.6 Å². The average molecular weight is 413 g/mol.